The zero-order chi connectivity index (χ0) is 13.3. The van der Waals surface area contributed by atoms with E-state index in [4.69, 9.17) is 10.00 Å². The van der Waals surface area contributed by atoms with Crippen LogP contribution in [0.2, 0.25) is 0 Å². The molecule has 90 valence electrons. The Morgan fingerprint density at radius 3 is 2.59 bits per heavy atom. The molecule has 0 bridgehead atoms. The summed E-state index contributed by atoms with van der Waals surface area (Å²) >= 11 is 0. The fraction of sp³-hybridized carbons (Fsp3) is 0.231. The van der Waals surface area contributed by atoms with E-state index in [1.807, 2.05) is 25.1 Å². The van der Waals surface area contributed by atoms with Crippen LogP contribution in [0.15, 0.2) is 36.4 Å². The number of benzene rings is 1. The molecular weight excluding hydrogens is 216 g/mol. The first-order valence-corrected chi connectivity index (χ1v) is 5.09. The molecule has 2 N–H and O–H groups in total. The molecule has 0 saturated heterocycles. The fourth-order valence-corrected chi connectivity index (χ4v) is 0.927. The molecule has 17 heavy (non-hydrogen) atoms. The van der Waals surface area contributed by atoms with Crippen LogP contribution in [0.3, 0.4) is 0 Å². The summed E-state index contributed by atoms with van der Waals surface area (Å²) in [5, 5.41) is 7.85. The minimum absolute atomic E-state index is 0.208. The molecule has 0 fully saturated rings. The first kappa shape index (κ1) is 14.7. The van der Waals surface area contributed by atoms with Gasteiger partial charge in [-0.1, -0.05) is 18.7 Å². The van der Waals surface area contributed by atoms with Crippen molar-refractivity contribution in [1.29, 1.82) is 5.26 Å². The summed E-state index contributed by atoms with van der Waals surface area (Å²) in [6.07, 6.45) is 0. The molecule has 0 radical (unpaired) electrons. The second-order valence-corrected chi connectivity index (χ2v) is 3.20. The molecule has 0 aliphatic rings. The van der Waals surface area contributed by atoms with Gasteiger partial charge in [0.05, 0.1) is 6.61 Å². The number of aryl methyl sites for hydroxylation is 1. The van der Waals surface area contributed by atoms with Gasteiger partial charge in [-0.15, -0.1) is 0 Å². The van der Waals surface area contributed by atoms with Crippen molar-refractivity contribution < 1.29 is 9.53 Å². The number of nitrogens with zero attached hydrogens (tertiary/aromatic N) is 1. The Morgan fingerprint density at radius 1 is 1.59 bits per heavy atom. The zero-order valence-corrected chi connectivity index (χ0v) is 10.1. The molecule has 0 heterocycles. The van der Waals surface area contributed by atoms with Gasteiger partial charge in [-0.25, -0.2) is 0 Å². The molecule has 0 unspecified atom stereocenters. The van der Waals surface area contributed by atoms with Gasteiger partial charge < -0.3 is 10.5 Å². The third-order valence-electron chi connectivity index (χ3n) is 1.73. The molecular formula is C13H16N2O2. The standard InChI is InChI=1S/C9H12O.C4H4N2O/c1-3-10-9-6-4-5-8(2)7-9;1-3(2-5)4(6)7/h4-7H,3H2,1-2H3;1H2,(H2,6,7). The van der Waals surface area contributed by atoms with E-state index in [0.717, 1.165) is 12.4 Å². The Morgan fingerprint density at radius 2 is 2.24 bits per heavy atom. The lowest BCUT2D eigenvalue weighted by Gasteiger charge is -2.01. The van der Waals surface area contributed by atoms with E-state index in [0.29, 0.717) is 0 Å². The number of carbonyl (C=O) groups excluding carboxylic acids is 1. The van der Waals surface area contributed by atoms with Gasteiger partial charge in [0.25, 0.3) is 5.91 Å². The summed E-state index contributed by atoms with van der Waals surface area (Å²) in [7, 11) is 0. The lowest BCUT2D eigenvalue weighted by molar-refractivity contribution is -0.114. The maximum absolute atomic E-state index is 9.83. The van der Waals surface area contributed by atoms with Crippen LogP contribution in [-0.2, 0) is 4.79 Å². The lowest BCUT2D eigenvalue weighted by Crippen LogP contribution is -2.11. The van der Waals surface area contributed by atoms with Crippen LogP contribution in [0.25, 0.3) is 0 Å². The minimum atomic E-state index is -0.762. The number of hydrogen-bond acceptors (Lipinski definition) is 3. The number of primary amides is 1. The number of nitrogens with two attached hydrogens (primary N) is 1. The van der Waals surface area contributed by atoms with Crippen LogP contribution in [0.4, 0.5) is 0 Å². The Hall–Kier alpha value is -2.28. The Balaban J connectivity index is 0.000000325. The maximum Gasteiger partial charge on any atom is 0.258 e. The van der Waals surface area contributed by atoms with Crippen LogP contribution in [0.1, 0.15) is 12.5 Å². The molecule has 0 atom stereocenters. The third kappa shape index (κ3) is 6.74. The van der Waals surface area contributed by atoms with Crippen LogP contribution < -0.4 is 10.5 Å². The predicted molar refractivity (Wildman–Crippen MR) is 66.3 cm³/mol. The maximum atomic E-state index is 9.83. The van der Waals surface area contributed by atoms with Gasteiger partial charge in [0, 0.05) is 0 Å². The second kappa shape index (κ2) is 7.94. The zero-order valence-electron chi connectivity index (χ0n) is 10.1. The first-order chi connectivity index (χ1) is 8.01. The highest BCUT2D eigenvalue weighted by atomic mass is 16.5. The Kier molecular flexibility index (Phi) is 6.88. The van der Waals surface area contributed by atoms with Crippen molar-refractivity contribution in [3.8, 4) is 11.8 Å². The average Bonchev–Trinajstić information content (AvgIpc) is 2.29. The number of hydrogen-bond donors (Lipinski definition) is 1. The SMILES string of the molecule is C=C(C#N)C(N)=O.CCOc1cccc(C)c1. The molecule has 0 aliphatic carbocycles. The molecule has 1 amide bonds. The molecule has 0 aromatic heterocycles. The summed E-state index contributed by atoms with van der Waals surface area (Å²) in [4.78, 5) is 9.83. The topological polar surface area (TPSA) is 76.1 Å². The van der Waals surface area contributed by atoms with E-state index in [1.165, 1.54) is 11.6 Å². The second-order valence-electron chi connectivity index (χ2n) is 3.20. The van der Waals surface area contributed by atoms with Gasteiger partial charge in [0.15, 0.2) is 0 Å². The summed E-state index contributed by atoms with van der Waals surface area (Å²) < 4.78 is 5.29. The van der Waals surface area contributed by atoms with Crippen LogP contribution in [-0.4, -0.2) is 12.5 Å². The molecule has 0 saturated carbocycles. The highest BCUT2D eigenvalue weighted by Gasteiger charge is 1.94. The molecule has 1 aromatic carbocycles. The lowest BCUT2D eigenvalue weighted by atomic mass is 10.2. The van der Waals surface area contributed by atoms with E-state index in [1.54, 1.807) is 0 Å². The van der Waals surface area contributed by atoms with Crippen molar-refractivity contribution in [1.82, 2.24) is 0 Å². The van der Waals surface area contributed by atoms with Gasteiger partial charge in [-0.05, 0) is 31.5 Å². The van der Waals surface area contributed by atoms with Crippen molar-refractivity contribution in [2.45, 2.75) is 13.8 Å². The van der Waals surface area contributed by atoms with Gasteiger partial charge in [-0.3, -0.25) is 4.79 Å². The van der Waals surface area contributed by atoms with Gasteiger partial charge in [0.1, 0.15) is 17.4 Å². The van der Waals surface area contributed by atoms with Gasteiger partial charge >= 0.3 is 0 Å². The van der Waals surface area contributed by atoms with Crippen molar-refractivity contribution in [3.05, 3.63) is 42.0 Å². The highest BCUT2D eigenvalue weighted by molar-refractivity contribution is 5.95. The van der Waals surface area contributed by atoms with E-state index in [9.17, 15) is 4.79 Å². The normalized spacial score (nSPS) is 8.29. The molecule has 4 heteroatoms. The highest BCUT2D eigenvalue weighted by Crippen LogP contribution is 2.11. The van der Waals surface area contributed by atoms with Crippen LogP contribution in [0, 0.1) is 18.3 Å². The van der Waals surface area contributed by atoms with E-state index in [-0.39, 0.29) is 5.57 Å². The van der Waals surface area contributed by atoms with E-state index in [2.05, 4.69) is 25.3 Å². The van der Waals surface area contributed by atoms with Crippen molar-refractivity contribution in [3.63, 3.8) is 0 Å². The molecule has 0 aliphatic heterocycles. The largest absolute Gasteiger partial charge is 0.494 e. The van der Waals surface area contributed by atoms with Gasteiger partial charge in [-0.2, -0.15) is 5.26 Å². The predicted octanol–water partition coefficient (Wildman–Crippen LogP) is 1.95. The van der Waals surface area contributed by atoms with Crippen LogP contribution in [0.5, 0.6) is 5.75 Å². The molecule has 0 spiro atoms. The summed E-state index contributed by atoms with van der Waals surface area (Å²) in [5.41, 5.74) is 5.62. The monoisotopic (exact) mass is 232 g/mol. The van der Waals surface area contributed by atoms with Crippen molar-refractivity contribution in [2.24, 2.45) is 5.73 Å². The Bertz CT molecular complexity index is 433. The van der Waals surface area contributed by atoms with E-state index >= 15 is 0 Å². The smallest absolute Gasteiger partial charge is 0.258 e. The number of amides is 1. The quantitative estimate of drug-likeness (QED) is 0.639. The molecule has 1 aromatic rings. The van der Waals surface area contributed by atoms with Crippen molar-refractivity contribution in [2.75, 3.05) is 6.61 Å². The third-order valence-corrected chi connectivity index (χ3v) is 1.73. The van der Waals surface area contributed by atoms with Gasteiger partial charge in [0.2, 0.25) is 0 Å². The average molecular weight is 232 g/mol. The fourth-order valence-electron chi connectivity index (χ4n) is 0.927. The molecule has 4 nitrogen and oxygen atoms in total. The molecule has 1 rings (SSSR count). The summed E-state index contributed by atoms with van der Waals surface area (Å²) in [5.74, 6) is 0.199. The summed E-state index contributed by atoms with van der Waals surface area (Å²) in [6.45, 7) is 7.82. The number of carbonyl (C=O) groups is 1. The number of nitriles is 1. The van der Waals surface area contributed by atoms with Crippen molar-refractivity contribution >= 4 is 5.91 Å². The first-order valence-electron chi connectivity index (χ1n) is 5.09. The number of ether oxygens (including phenoxy) is 1. The Labute approximate surface area is 101 Å². The van der Waals surface area contributed by atoms with E-state index < -0.39 is 5.91 Å². The minimum Gasteiger partial charge on any atom is -0.494 e. The number of rotatable bonds is 3. The van der Waals surface area contributed by atoms with Crippen LogP contribution >= 0.6 is 0 Å². The summed E-state index contributed by atoms with van der Waals surface area (Å²) in [6, 6.07) is 9.55.